The minimum absolute atomic E-state index is 0.0332. The third kappa shape index (κ3) is 2.60. The number of nitrogens with one attached hydrogen (secondary N) is 2. The maximum atomic E-state index is 12.3. The van der Waals surface area contributed by atoms with Crippen LogP contribution in [0.25, 0.3) is 0 Å². The number of carbonyl (C=O) groups excluding carboxylic acids is 2. The van der Waals surface area contributed by atoms with E-state index in [0.717, 1.165) is 13.0 Å². The molecule has 2 rings (SSSR count). The summed E-state index contributed by atoms with van der Waals surface area (Å²) in [6, 6.07) is 0.0520. The van der Waals surface area contributed by atoms with Gasteiger partial charge in [-0.15, -0.1) is 0 Å². The van der Waals surface area contributed by atoms with E-state index in [1.54, 1.807) is 0 Å². The summed E-state index contributed by atoms with van der Waals surface area (Å²) in [4.78, 5) is 25.3. The maximum Gasteiger partial charge on any atom is 0.241 e. The molecule has 0 spiro atoms. The third-order valence-corrected chi connectivity index (χ3v) is 3.97. The average Bonchev–Trinajstić information content (AvgIpc) is 2.33. The van der Waals surface area contributed by atoms with Gasteiger partial charge in [-0.1, -0.05) is 6.92 Å². The lowest BCUT2D eigenvalue weighted by Crippen LogP contribution is -2.61. The number of hydrogen-bond acceptors (Lipinski definition) is 3. The molecule has 0 aliphatic carbocycles. The van der Waals surface area contributed by atoms with Gasteiger partial charge in [0, 0.05) is 19.1 Å². The summed E-state index contributed by atoms with van der Waals surface area (Å²) in [5.41, 5.74) is 0. The van der Waals surface area contributed by atoms with Crippen LogP contribution in [-0.4, -0.2) is 48.4 Å². The van der Waals surface area contributed by atoms with E-state index >= 15 is 0 Å². The summed E-state index contributed by atoms with van der Waals surface area (Å²) in [7, 11) is 0. The molecule has 2 N–H and O–H groups in total. The summed E-state index contributed by atoms with van der Waals surface area (Å²) in [6.07, 6.45) is 2.27. The minimum Gasteiger partial charge on any atom is -0.353 e. The van der Waals surface area contributed by atoms with Gasteiger partial charge in [-0.3, -0.25) is 14.9 Å². The molecule has 2 aliphatic heterocycles. The fraction of sp³-hybridized carbons (Fsp3) is 0.833. The van der Waals surface area contributed by atoms with Crippen molar-refractivity contribution < 1.29 is 9.59 Å². The molecular formula is C12H21N3O2. The van der Waals surface area contributed by atoms with Crippen molar-refractivity contribution >= 4 is 11.8 Å². The first-order chi connectivity index (χ1) is 8.09. The van der Waals surface area contributed by atoms with Gasteiger partial charge in [-0.2, -0.15) is 0 Å². The SMILES string of the molecule is CC1CCCN(C(=O)C2CNC(=O)CN2)C1C. The van der Waals surface area contributed by atoms with Crippen LogP contribution in [0.3, 0.4) is 0 Å². The number of piperazine rings is 1. The lowest BCUT2D eigenvalue weighted by Gasteiger charge is -2.40. The number of piperidine rings is 1. The Hall–Kier alpha value is -1.10. The summed E-state index contributed by atoms with van der Waals surface area (Å²) < 4.78 is 0. The third-order valence-electron chi connectivity index (χ3n) is 3.97. The Balaban J connectivity index is 1.96. The van der Waals surface area contributed by atoms with Gasteiger partial charge in [-0.25, -0.2) is 0 Å². The van der Waals surface area contributed by atoms with Gasteiger partial charge in [0.15, 0.2) is 0 Å². The Kier molecular flexibility index (Phi) is 3.66. The molecule has 96 valence electrons. The molecular weight excluding hydrogens is 218 g/mol. The van der Waals surface area contributed by atoms with E-state index in [1.807, 2.05) is 4.90 Å². The normalized spacial score (nSPS) is 34.4. The van der Waals surface area contributed by atoms with Crippen LogP contribution >= 0.6 is 0 Å². The van der Waals surface area contributed by atoms with Crippen LogP contribution < -0.4 is 10.6 Å². The monoisotopic (exact) mass is 239 g/mol. The molecule has 3 unspecified atom stereocenters. The van der Waals surface area contributed by atoms with Crippen molar-refractivity contribution in [3.8, 4) is 0 Å². The molecule has 0 radical (unpaired) electrons. The summed E-state index contributed by atoms with van der Waals surface area (Å²) >= 11 is 0. The van der Waals surface area contributed by atoms with Gasteiger partial charge >= 0.3 is 0 Å². The van der Waals surface area contributed by atoms with Gasteiger partial charge < -0.3 is 10.2 Å². The summed E-state index contributed by atoms with van der Waals surface area (Å²) in [5, 5.41) is 5.73. The van der Waals surface area contributed by atoms with Gasteiger partial charge in [-0.05, 0) is 25.7 Å². The Labute approximate surface area is 102 Å². The van der Waals surface area contributed by atoms with Crippen LogP contribution in [-0.2, 0) is 9.59 Å². The molecule has 2 heterocycles. The van der Waals surface area contributed by atoms with Crippen LogP contribution in [0.1, 0.15) is 26.7 Å². The van der Waals surface area contributed by atoms with E-state index in [2.05, 4.69) is 24.5 Å². The smallest absolute Gasteiger partial charge is 0.241 e. The molecule has 2 amide bonds. The van der Waals surface area contributed by atoms with Crippen LogP contribution in [0.15, 0.2) is 0 Å². The Bertz CT molecular complexity index is 309. The lowest BCUT2D eigenvalue weighted by molar-refractivity contribution is -0.139. The zero-order chi connectivity index (χ0) is 12.4. The second-order valence-electron chi connectivity index (χ2n) is 5.13. The molecule has 5 heteroatoms. The zero-order valence-electron chi connectivity index (χ0n) is 10.5. The lowest BCUT2D eigenvalue weighted by atomic mass is 9.91. The van der Waals surface area contributed by atoms with Crippen molar-refractivity contribution in [3.63, 3.8) is 0 Å². The average molecular weight is 239 g/mol. The molecule has 0 saturated carbocycles. The second kappa shape index (κ2) is 5.04. The number of carbonyl (C=O) groups is 2. The highest BCUT2D eigenvalue weighted by Crippen LogP contribution is 2.23. The molecule has 2 saturated heterocycles. The summed E-state index contributed by atoms with van der Waals surface area (Å²) in [6.45, 7) is 5.81. The van der Waals surface area contributed by atoms with E-state index < -0.39 is 0 Å². The maximum absolute atomic E-state index is 12.3. The Morgan fingerprint density at radius 2 is 2.18 bits per heavy atom. The van der Waals surface area contributed by atoms with Crippen molar-refractivity contribution in [2.24, 2.45) is 5.92 Å². The number of nitrogens with zero attached hydrogens (tertiary/aromatic N) is 1. The standard InChI is InChI=1S/C12H21N3O2/c1-8-4-3-5-15(9(8)2)12(17)10-6-14-11(16)7-13-10/h8-10,13H,3-7H2,1-2H3,(H,14,16). The van der Waals surface area contributed by atoms with Gasteiger partial charge in [0.1, 0.15) is 6.04 Å². The van der Waals surface area contributed by atoms with Crippen molar-refractivity contribution in [3.05, 3.63) is 0 Å². The number of hydrogen-bond donors (Lipinski definition) is 2. The first-order valence-electron chi connectivity index (χ1n) is 6.40. The molecule has 3 atom stereocenters. The molecule has 2 aliphatic rings. The first-order valence-corrected chi connectivity index (χ1v) is 6.40. The fourth-order valence-electron chi connectivity index (χ4n) is 2.59. The Morgan fingerprint density at radius 3 is 2.82 bits per heavy atom. The highest BCUT2D eigenvalue weighted by atomic mass is 16.2. The van der Waals surface area contributed by atoms with E-state index in [-0.39, 0.29) is 24.4 Å². The van der Waals surface area contributed by atoms with Crippen LogP contribution in [0.5, 0.6) is 0 Å². The minimum atomic E-state index is -0.250. The van der Waals surface area contributed by atoms with Crippen LogP contribution in [0, 0.1) is 5.92 Å². The van der Waals surface area contributed by atoms with Gasteiger partial charge in [0.2, 0.25) is 11.8 Å². The molecule has 0 aromatic carbocycles. The quantitative estimate of drug-likeness (QED) is 0.661. The summed E-state index contributed by atoms with van der Waals surface area (Å²) in [5.74, 6) is 0.657. The highest BCUT2D eigenvalue weighted by Gasteiger charge is 2.33. The number of rotatable bonds is 1. The first kappa shape index (κ1) is 12.4. The number of likely N-dealkylation sites (tertiary alicyclic amines) is 1. The van der Waals surface area contributed by atoms with Gasteiger partial charge in [0.05, 0.1) is 6.54 Å². The van der Waals surface area contributed by atoms with Crippen LogP contribution in [0.2, 0.25) is 0 Å². The van der Waals surface area contributed by atoms with Gasteiger partial charge in [0.25, 0.3) is 0 Å². The van der Waals surface area contributed by atoms with Crippen molar-refractivity contribution in [2.45, 2.75) is 38.8 Å². The highest BCUT2D eigenvalue weighted by molar-refractivity contribution is 5.87. The topological polar surface area (TPSA) is 61.4 Å². The van der Waals surface area contributed by atoms with Crippen LogP contribution in [0.4, 0.5) is 0 Å². The molecule has 5 nitrogen and oxygen atoms in total. The van der Waals surface area contributed by atoms with Crippen molar-refractivity contribution in [1.82, 2.24) is 15.5 Å². The van der Waals surface area contributed by atoms with E-state index in [9.17, 15) is 9.59 Å². The molecule has 0 bridgehead atoms. The van der Waals surface area contributed by atoms with Crippen molar-refractivity contribution in [1.29, 1.82) is 0 Å². The Morgan fingerprint density at radius 1 is 1.41 bits per heavy atom. The molecule has 0 aromatic rings. The zero-order valence-corrected chi connectivity index (χ0v) is 10.5. The fourth-order valence-corrected chi connectivity index (χ4v) is 2.59. The predicted molar refractivity (Wildman–Crippen MR) is 64.4 cm³/mol. The second-order valence-corrected chi connectivity index (χ2v) is 5.13. The van der Waals surface area contributed by atoms with E-state index in [1.165, 1.54) is 6.42 Å². The van der Waals surface area contributed by atoms with Crippen molar-refractivity contribution in [2.75, 3.05) is 19.6 Å². The van der Waals surface area contributed by atoms with E-state index in [0.29, 0.717) is 18.5 Å². The van der Waals surface area contributed by atoms with E-state index in [4.69, 9.17) is 0 Å². The predicted octanol–water partition coefficient (Wildman–Crippen LogP) is -0.279. The largest absolute Gasteiger partial charge is 0.353 e. The molecule has 2 fully saturated rings. The molecule has 0 aromatic heterocycles. The molecule has 17 heavy (non-hydrogen) atoms. The number of amides is 2.